The second-order valence-corrected chi connectivity index (χ2v) is 3.62. The van der Waals surface area contributed by atoms with Crippen LogP contribution in [0.2, 0.25) is 0 Å². The summed E-state index contributed by atoms with van der Waals surface area (Å²) in [5.74, 6) is -0.0897. The summed E-state index contributed by atoms with van der Waals surface area (Å²) in [6, 6.07) is 6.58. The summed E-state index contributed by atoms with van der Waals surface area (Å²) in [6.07, 6.45) is 6.31. The van der Waals surface area contributed by atoms with Crippen LogP contribution >= 0.6 is 0 Å². The maximum Gasteiger partial charge on any atom is 0.260 e. The molecule has 0 aliphatic heterocycles. The monoisotopic (exact) mass is 244 g/mol. The number of nitrogens with zero attached hydrogens (tertiary/aromatic N) is 3. The number of aromatic hydroxyl groups is 1. The molecule has 0 bridgehead atoms. The van der Waals surface area contributed by atoms with Gasteiger partial charge in [-0.25, -0.2) is 10.4 Å². The second-order valence-electron chi connectivity index (χ2n) is 3.62. The quantitative estimate of drug-likeness (QED) is 0.615. The molecule has 6 nitrogen and oxygen atoms in total. The van der Waals surface area contributed by atoms with Crippen LogP contribution in [0.25, 0.3) is 0 Å². The second kappa shape index (κ2) is 5.62. The summed E-state index contributed by atoms with van der Waals surface area (Å²) >= 11 is 0. The fraction of sp³-hybridized carbons (Fsp3) is 0.0833. The lowest BCUT2D eigenvalue weighted by molar-refractivity contribution is -0.121. The third-order valence-electron chi connectivity index (χ3n) is 2.16. The topological polar surface area (TPSA) is 79.5 Å². The van der Waals surface area contributed by atoms with Crippen LogP contribution in [0.4, 0.5) is 0 Å². The van der Waals surface area contributed by atoms with Crippen molar-refractivity contribution in [3.05, 3.63) is 48.5 Å². The lowest BCUT2D eigenvalue weighted by atomic mass is 10.2. The van der Waals surface area contributed by atoms with Gasteiger partial charge in [0.25, 0.3) is 5.91 Å². The van der Waals surface area contributed by atoms with Gasteiger partial charge in [0, 0.05) is 12.4 Å². The van der Waals surface area contributed by atoms with Crippen LogP contribution in [0.5, 0.6) is 5.75 Å². The van der Waals surface area contributed by atoms with Crippen LogP contribution in [-0.4, -0.2) is 26.8 Å². The van der Waals surface area contributed by atoms with E-state index in [1.807, 2.05) is 0 Å². The molecule has 0 spiro atoms. The molecule has 2 rings (SSSR count). The number of hydrazone groups is 1. The van der Waals surface area contributed by atoms with Crippen LogP contribution in [-0.2, 0) is 11.3 Å². The third-order valence-corrected chi connectivity index (χ3v) is 2.16. The van der Waals surface area contributed by atoms with Crippen molar-refractivity contribution >= 4 is 12.1 Å². The van der Waals surface area contributed by atoms with Gasteiger partial charge in [-0.2, -0.15) is 5.10 Å². The largest absolute Gasteiger partial charge is 0.508 e. The molecule has 1 amide bonds. The molecular formula is C12H12N4O2. The molecule has 18 heavy (non-hydrogen) atoms. The Bertz CT molecular complexity index is 549. The van der Waals surface area contributed by atoms with E-state index in [2.05, 4.69) is 15.5 Å². The summed E-state index contributed by atoms with van der Waals surface area (Å²) in [5.41, 5.74) is 3.10. The van der Waals surface area contributed by atoms with Gasteiger partial charge in [-0.1, -0.05) is 12.1 Å². The van der Waals surface area contributed by atoms with E-state index in [1.165, 1.54) is 6.21 Å². The number of carbonyl (C=O) groups is 1. The standard InChI is InChI=1S/C12H12N4O2/c17-11-3-1-2-10(6-11)7-14-15-12(18)8-16-5-4-13-9-16/h1-7,9,17H,8H2,(H,15,18). The van der Waals surface area contributed by atoms with Crippen LogP contribution in [0.15, 0.2) is 48.1 Å². The average molecular weight is 244 g/mol. The Hall–Kier alpha value is -2.63. The van der Waals surface area contributed by atoms with Gasteiger partial charge in [-0.15, -0.1) is 0 Å². The van der Waals surface area contributed by atoms with E-state index in [0.29, 0.717) is 5.56 Å². The summed E-state index contributed by atoms with van der Waals surface area (Å²) in [5, 5.41) is 13.0. The Kier molecular flexibility index (Phi) is 3.70. The molecule has 2 N–H and O–H groups in total. The number of nitrogens with one attached hydrogen (secondary N) is 1. The van der Waals surface area contributed by atoms with E-state index in [-0.39, 0.29) is 18.2 Å². The predicted molar refractivity (Wildman–Crippen MR) is 66.1 cm³/mol. The zero-order valence-corrected chi connectivity index (χ0v) is 9.52. The Labute approximate surface area is 104 Å². The zero-order chi connectivity index (χ0) is 12.8. The molecule has 2 aromatic rings. The van der Waals surface area contributed by atoms with E-state index in [1.54, 1.807) is 47.6 Å². The number of amides is 1. The molecule has 0 atom stereocenters. The van der Waals surface area contributed by atoms with Gasteiger partial charge in [-0.05, 0) is 17.7 Å². The maximum absolute atomic E-state index is 11.4. The van der Waals surface area contributed by atoms with Gasteiger partial charge < -0.3 is 9.67 Å². The number of hydrogen-bond acceptors (Lipinski definition) is 4. The molecule has 0 fully saturated rings. The first-order valence-electron chi connectivity index (χ1n) is 5.31. The number of phenolic OH excluding ortho intramolecular Hbond substituents is 1. The lowest BCUT2D eigenvalue weighted by Gasteiger charge is -2.00. The molecule has 0 unspecified atom stereocenters. The molecule has 0 saturated carbocycles. The Balaban J connectivity index is 1.86. The minimum Gasteiger partial charge on any atom is -0.508 e. The van der Waals surface area contributed by atoms with E-state index < -0.39 is 0 Å². The van der Waals surface area contributed by atoms with Crippen molar-refractivity contribution in [3.8, 4) is 5.75 Å². The predicted octanol–water partition coefficient (Wildman–Crippen LogP) is 0.739. The van der Waals surface area contributed by atoms with Gasteiger partial charge in [0.1, 0.15) is 12.3 Å². The highest BCUT2D eigenvalue weighted by molar-refractivity contribution is 5.82. The molecule has 1 aromatic heterocycles. The van der Waals surface area contributed by atoms with Crippen LogP contribution in [0.1, 0.15) is 5.56 Å². The molecule has 1 aromatic carbocycles. The van der Waals surface area contributed by atoms with Crippen molar-refractivity contribution < 1.29 is 9.90 Å². The molecule has 6 heteroatoms. The average Bonchev–Trinajstić information content (AvgIpc) is 2.82. The number of hydrogen-bond donors (Lipinski definition) is 2. The van der Waals surface area contributed by atoms with Crippen molar-refractivity contribution in [2.75, 3.05) is 0 Å². The highest BCUT2D eigenvalue weighted by Gasteiger charge is 1.99. The van der Waals surface area contributed by atoms with Gasteiger partial charge in [-0.3, -0.25) is 4.79 Å². The minimum atomic E-state index is -0.246. The van der Waals surface area contributed by atoms with Crippen LogP contribution < -0.4 is 5.43 Å². The summed E-state index contributed by atoms with van der Waals surface area (Å²) < 4.78 is 1.64. The van der Waals surface area contributed by atoms with E-state index >= 15 is 0 Å². The number of carbonyl (C=O) groups excluding carboxylic acids is 1. The van der Waals surface area contributed by atoms with E-state index in [4.69, 9.17) is 0 Å². The summed E-state index contributed by atoms with van der Waals surface area (Å²) in [7, 11) is 0. The molecule has 92 valence electrons. The maximum atomic E-state index is 11.4. The van der Waals surface area contributed by atoms with E-state index in [9.17, 15) is 9.90 Å². The number of imidazole rings is 1. The first-order chi connectivity index (χ1) is 8.74. The first-order valence-corrected chi connectivity index (χ1v) is 5.31. The lowest BCUT2D eigenvalue weighted by Crippen LogP contribution is -2.22. The molecule has 0 aliphatic carbocycles. The first kappa shape index (κ1) is 11.8. The summed E-state index contributed by atoms with van der Waals surface area (Å²) in [6.45, 7) is 0.164. The SMILES string of the molecule is O=C(Cn1ccnc1)NN=Cc1cccc(O)c1. The number of aromatic nitrogens is 2. The highest BCUT2D eigenvalue weighted by atomic mass is 16.3. The fourth-order valence-corrected chi connectivity index (χ4v) is 1.37. The van der Waals surface area contributed by atoms with Crippen molar-refractivity contribution in [1.29, 1.82) is 0 Å². The zero-order valence-electron chi connectivity index (χ0n) is 9.52. The van der Waals surface area contributed by atoms with Crippen LogP contribution in [0, 0.1) is 0 Å². The van der Waals surface area contributed by atoms with Crippen molar-refractivity contribution in [2.45, 2.75) is 6.54 Å². The summed E-state index contributed by atoms with van der Waals surface area (Å²) in [4.78, 5) is 15.3. The van der Waals surface area contributed by atoms with Crippen molar-refractivity contribution in [2.24, 2.45) is 5.10 Å². The smallest absolute Gasteiger partial charge is 0.260 e. The normalized spacial score (nSPS) is 10.7. The van der Waals surface area contributed by atoms with Gasteiger partial charge in [0.15, 0.2) is 0 Å². The Morgan fingerprint density at radius 2 is 2.44 bits per heavy atom. The molecular weight excluding hydrogens is 232 g/mol. The van der Waals surface area contributed by atoms with Crippen molar-refractivity contribution in [1.82, 2.24) is 15.0 Å². The van der Waals surface area contributed by atoms with Gasteiger partial charge in [0.05, 0.1) is 12.5 Å². The number of benzene rings is 1. The molecule has 1 heterocycles. The number of rotatable bonds is 4. The molecule has 0 aliphatic rings. The Morgan fingerprint density at radius 1 is 1.56 bits per heavy atom. The highest BCUT2D eigenvalue weighted by Crippen LogP contribution is 2.08. The van der Waals surface area contributed by atoms with Gasteiger partial charge in [0.2, 0.25) is 0 Å². The van der Waals surface area contributed by atoms with Crippen molar-refractivity contribution in [3.63, 3.8) is 0 Å². The minimum absolute atomic E-state index is 0.156. The van der Waals surface area contributed by atoms with Crippen LogP contribution in [0.3, 0.4) is 0 Å². The van der Waals surface area contributed by atoms with E-state index in [0.717, 1.165) is 0 Å². The third kappa shape index (κ3) is 3.44. The van der Waals surface area contributed by atoms with Gasteiger partial charge >= 0.3 is 0 Å². The molecule has 0 saturated heterocycles. The fourth-order valence-electron chi connectivity index (χ4n) is 1.37. The Morgan fingerprint density at radius 3 is 3.17 bits per heavy atom. The number of phenols is 1. The molecule has 0 radical (unpaired) electrons.